The predicted molar refractivity (Wildman–Crippen MR) is 552 cm³/mol. The summed E-state index contributed by atoms with van der Waals surface area (Å²) in [5.74, 6) is -0.0816. The second-order valence-corrected chi connectivity index (χ2v) is 48.8. The summed E-state index contributed by atoms with van der Waals surface area (Å²) in [6.45, 7) is 31.8. The van der Waals surface area contributed by atoms with Gasteiger partial charge in [0, 0.05) is 65.2 Å². The summed E-state index contributed by atoms with van der Waals surface area (Å²) in [5, 5.41) is 11.3. The molecule has 0 aliphatic rings. The zero-order chi connectivity index (χ0) is 93.3. The molecule has 0 saturated carbocycles. The van der Waals surface area contributed by atoms with Gasteiger partial charge in [-0.15, -0.1) is 0 Å². The number of nitrogens with zero attached hydrogens (tertiary/aromatic N) is 2. The van der Waals surface area contributed by atoms with Crippen molar-refractivity contribution in [3.05, 3.63) is 121 Å². The van der Waals surface area contributed by atoms with E-state index in [4.69, 9.17) is 18.3 Å². The lowest BCUT2D eigenvalue weighted by atomic mass is 10.0. The first-order valence-corrected chi connectivity index (χ1v) is 57.3. The first kappa shape index (κ1) is 117. The molecule has 0 fully saturated rings. The Kier molecular flexibility index (Phi) is 68.3. The van der Waals surface area contributed by atoms with Crippen molar-refractivity contribution in [1.29, 1.82) is 0 Å². The molecule has 13 nitrogen and oxygen atoms in total. The van der Waals surface area contributed by atoms with Gasteiger partial charge in [-0.2, -0.15) is 0 Å². The van der Waals surface area contributed by atoms with E-state index in [0.29, 0.717) is 58.3 Å². The second kappa shape index (κ2) is 74.9. The van der Waals surface area contributed by atoms with Crippen LogP contribution in [-0.4, -0.2) is 127 Å². The van der Waals surface area contributed by atoms with Crippen LogP contribution >= 0.6 is 0 Å². The molecule has 3 amide bonds. The maximum Gasteiger partial charge on any atom is 0.306 e. The lowest BCUT2D eigenvalue weighted by Crippen LogP contribution is -2.67. The molecule has 0 aliphatic heterocycles. The standard InChI is InChI=1S/C57H98N2O5Si.C56H98N2O4Si/c1-8-11-14-17-19-21-22-24-25-28-37-44-55(61)58-51(49-63-65(57(5,6)7,53-40-33-30-34-41-53)54-42-35-31-36-43-54)48-59(50(4)60)47-46-52(39-32-27-16-13-10-3)64-56(62)45-38-29-26-23-20-18-15-12-9-2;1-8-11-14-17-19-21-22-24-25-28-37-44-54(59)57-50(49-61-63(56(4,5)6,52-40-33-30-34-41-52)53-42-35-31-36-43-53)48-58(7)47-46-51(39-32-27-16-13-10-3)62-55(60)45-38-29-26-23-20-18-15-12-9-2/h30-31,33-36,40-43,51-52H,8-29,32,37-39,44-49H2,1-7H3,(H,58,61);30-31,33-36,40-43,50-51H,8-29,32,37-39,44-49H2,1-7H3,(H,57,59)/t51-,52-;50-,51-/m11/s1. The van der Waals surface area contributed by atoms with E-state index in [2.05, 4.69) is 215 Å². The Hall–Kier alpha value is -5.46. The maximum atomic E-state index is 13.8. The quantitative estimate of drug-likeness (QED) is 0.0248. The number of carbonyl (C=O) groups is 5. The minimum Gasteiger partial charge on any atom is -0.462 e. The van der Waals surface area contributed by atoms with E-state index in [9.17, 15) is 24.0 Å². The van der Waals surface area contributed by atoms with E-state index < -0.39 is 22.7 Å². The van der Waals surface area contributed by atoms with Crippen molar-refractivity contribution in [3.8, 4) is 0 Å². The number of carbonyl (C=O) groups excluding carboxylic acids is 5. The van der Waals surface area contributed by atoms with E-state index in [-0.39, 0.29) is 64.6 Å². The highest BCUT2D eigenvalue weighted by Crippen LogP contribution is 2.39. The number of benzene rings is 4. The van der Waals surface area contributed by atoms with Crippen LogP contribution < -0.4 is 31.4 Å². The minimum absolute atomic E-state index is 0.0100. The number of hydrogen-bond donors (Lipinski definition) is 2. The number of esters is 2. The summed E-state index contributed by atoms with van der Waals surface area (Å²) in [5.41, 5.74) is 0. The van der Waals surface area contributed by atoms with Crippen molar-refractivity contribution in [3.63, 3.8) is 0 Å². The number of rotatable bonds is 80. The van der Waals surface area contributed by atoms with E-state index in [1.165, 1.54) is 265 Å². The molecular formula is C113H196N4O9Si2. The van der Waals surface area contributed by atoms with E-state index in [1.54, 1.807) is 6.92 Å². The maximum absolute atomic E-state index is 13.8. The number of amides is 3. The smallest absolute Gasteiger partial charge is 0.306 e. The summed E-state index contributed by atoms with van der Waals surface area (Å²) in [7, 11) is -3.57. The van der Waals surface area contributed by atoms with E-state index in [0.717, 1.165) is 103 Å². The zero-order valence-electron chi connectivity index (χ0n) is 85.2. The Morgan fingerprint density at radius 1 is 0.305 bits per heavy atom. The summed E-state index contributed by atoms with van der Waals surface area (Å²) in [6, 6.07) is 42.2. The Bertz CT molecular complexity index is 3220. The van der Waals surface area contributed by atoms with Crippen molar-refractivity contribution >= 4 is 67.0 Å². The molecule has 128 heavy (non-hydrogen) atoms. The van der Waals surface area contributed by atoms with Crippen molar-refractivity contribution in [2.75, 3.05) is 46.4 Å². The van der Waals surface area contributed by atoms with Crippen LogP contribution in [-0.2, 0) is 42.3 Å². The number of nitrogens with one attached hydrogen (secondary N) is 2. The Morgan fingerprint density at radius 3 is 0.797 bits per heavy atom. The van der Waals surface area contributed by atoms with Gasteiger partial charge in [0.2, 0.25) is 17.7 Å². The summed E-state index contributed by atoms with van der Waals surface area (Å²) in [6.07, 6.45) is 65.9. The Balaban J connectivity index is 0.000000660. The van der Waals surface area contributed by atoms with Gasteiger partial charge in [-0.3, -0.25) is 24.0 Å². The third-order valence-electron chi connectivity index (χ3n) is 26.4. The molecule has 2 N–H and O–H groups in total. The fourth-order valence-electron chi connectivity index (χ4n) is 18.7. The van der Waals surface area contributed by atoms with Gasteiger partial charge in [0.15, 0.2) is 0 Å². The summed E-state index contributed by atoms with van der Waals surface area (Å²) < 4.78 is 27.2. The lowest BCUT2D eigenvalue weighted by molar-refractivity contribution is -0.151. The van der Waals surface area contributed by atoms with Gasteiger partial charge in [0.05, 0.1) is 25.3 Å². The van der Waals surface area contributed by atoms with Crippen molar-refractivity contribution < 1.29 is 42.3 Å². The van der Waals surface area contributed by atoms with Gasteiger partial charge >= 0.3 is 11.9 Å². The third-order valence-corrected chi connectivity index (χ3v) is 36.4. The fourth-order valence-corrected chi connectivity index (χ4v) is 27.9. The van der Waals surface area contributed by atoms with Crippen molar-refractivity contribution in [2.45, 2.75) is 497 Å². The molecule has 0 aromatic heterocycles. The predicted octanol–water partition coefficient (Wildman–Crippen LogP) is 28.4. The first-order chi connectivity index (χ1) is 62.0. The largest absolute Gasteiger partial charge is 0.462 e. The molecule has 0 aliphatic carbocycles. The highest BCUT2D eigenvalue weighted by Gasteiger charge is 2.52. The van der Waals surface area contributed by atoms with E-state index in [1.807, 2.05) is 17.0 Å². The second-order valence-electron chi connectivity index (χ2n) is 40.1. The minimum atomic E-state index is -2.92. The molecule has 0 radical (unpaired) electrons. The molecule has 15 heteroatoms. The molecule has 4 aromatic rings. The SMILES string of the molecule is CCCCCCCCCCCCCC(=O)N[C@@H](CO[Si](c1ccccc1)(c1ccccc1)C(C)(C)C)CN(C)CC[C@@H](CCCCCCC)OC(=O)CCCCCCCCCCC.CCCCCCCCCCCCCC(=O)N[C@@H](CO[Si](c1ccccc1)(c1ccccc1)C(C)(C)C)CN(CC[C@@H](CCCCCCC)OC(=O)CCCCCCCCCCC)C(C)=O. The van der Waals surface area contributed by atoms with Crippen LogP contribution in [0.15, 0.2) is 121 Å². The molecule has 4 rings (SSSR count). The number of likely N-dealkylation sites (N-methyl/N-ethyl adjacent to an activating group) is 1. The lowest BCUT2D eigenvalue weighted by Gasteiger charge is -2.44. The van der Waals surface area contributed by atoms with Crippen molar-refractivity contribution in [1.82, 2.24) is 20.4 Å². The van der Waals surface area contributed by atoms with Crippen LogP contribution in [0.4, 0.5) is 0 Å². The molecule has 4 atom stereocenters. The number of ether oxygens (including phenoxy) is 2. The van der Waals surface area contributed by atoms with Crippen LogP contribution in [0.3, 0.4) is 0 Å². The number of unbranched alkanes of at least 4 members (excludes halogenated alkanes) is 44. The van der Waals surface area contributed by atoms with Crippen LogP contribution in [0.25, 0.3) is 0 Å². The molecule has 0 unspecified atom stereocenters. The molecular weight excluding hydrogens is 1610 g/mol. The topological polar surface area (TPSA) is 153 Å². The summed E-state index contributed by atoms with van der Waals surface area (Å²) in [4.78, 5) is 71.5. The monoisotopic (exact) mass is 1810 g/mol. The van der Waals surface area contributed by atoms with Gasteiger partial charge in [-0.05, 0) is 95.7 Å². The van der Waals surface area contributed by atoms with Gasteiger partial charge in [-0.1, -0.05) is 487 Å². The van der Waals surface area contributed by atoms with Gasteiger partial charge in [-0.25, -0.2) is 0 Å². The van der Waals surface area contributed by atoms with Gasteiger partial charge < -0.3 is 38.8 Å². The van der Waals surface area contributed by atoms with Gasteiger partial charge in [0.25, 0.3) is 16.6 Å². The van der Waals surface area contributed by atoms with Crippen molar-refractivity contribution in [2.24, 2.45) is 0 Å². The molecule has 0 bridgehead atoms. The molecule has 0 spiro atoms. The molecule has 730 valence electrons. The van der Waals surface area contributed by atoms with Gasteiger partial charge in [0.1, 0.15) is 12.2 Å². The number of hydrogen-bond acceptors (Lipinski definition) is 10. The highest BCUT2D eigenvalue weighted by molar-refractivity contribution is 7.00. The normalized spacial score (nSPS) is 12.9. The average Bonchev–Trinajstić information content (AvgIpc) is 0.752. The molecule has 0 heterocycles. The Morgan fingerprint density at radius 2 is 0.539 bits per heavy atom. The molecule has 4 aromatic carbocycles. The highest BCUT2D eigenvalue weighted by atomic mass is 28.4. The molecule has 0 saturated heterocycles. The summed E-state index contributed by atoms with van der Waals surface area (Å²) >= 11 is 0. The zero-order valence-corrected chi connectivity index (χ0v) is 87.2. The average molecular weight is 1810 g/mol. The van der Waals surface area contributed by atoms with Crippen LogP contribution in [0, 0.1) is 0 Å². The van der Waals surface area contributed by atoms with Crippen LogP contribution in [0.1, 0.15) is 462 Å². The Labute approximate surface area is 789 Å². The fraction of sp³-hybridized carbons (Fsp3) is 0.743. The van der Waals surface area contributed by atoms with Crippen LogP contribution in [0.5, 0.6) is 0 Å². The third kappa shape index (κ3) is 52.8. The van der Waals surface area contributed by atoms with E-state index >= 15 is 0 Å². The first-order valence-electron chi connectivity index (χ1n) is 53.5. The van der Waals surface area contributed by atoms with Crippen LogP contribution in [0.2, 0.25) is 10.1 Å².